The normalized spacial score (nSPS) is 28.9. The molecule has 19 heavy (non-hydrogen) atoms. The summed E-state index contributed by atoms with van der Waals surface area (Å²) in [6.07, 6.45) is 6.71. The highest BCUT2D eigenvalue weighted by molar-refractivity contribution is 4.86. The van der Waals surface area contributed by atoms with E-state index in [1.165, 1.54) is 32.1 Å². The third kappa shape index (κ3) is 6.24. The van der Waals surface area contributed by atoms with Crippen molar-refractivity contribution in [3.63, 3.8) is 0 Å². The highest BCUT2D eigenvalue weighted by atomic mass is 16.3. The monoisotopic (exact) mass is 270 g/mol. The van der Waals surface area contributed by atoms with Crippen LogP contribution in [0.2, 0.25) is 0 Å². The molecule has 0 saturated heterocycles. The van der Waals surface area contributed by atoms with Crippen LogP contribution < -0.4 is 5.32 Å². The molecule has 0 aromatic rings. The van der Waals surface area contributed by atoms with Gasteiger partial charge in [-0.1, -0.05) is 19.8 Å². The predicted molar refractivity (Wildman–Crippen MR) is 82.4 cm³/mol. The lowest BCUT2D eigenvalue weighted by molar-refractivity contribution is 0.0336. The minimum atomic E-state index is -0.596. The highest BCUT2D eigenvalue weighted by Gasteiger charge is 2.30. The molecule has 0 aromatic carbocycles. The summed E-state index contributed by atoms with van der Waals surface area (Å²) in [6.45, 7) is 7.91. The fourth-order valence-electron chi connectivity index (χ4n) is 3.74. The van der Waals surface area contributed by atoms with Crippen LogP contribution in [0.15, 0.2) is 0 Å². The first kappa shape index (κ1) is 16.9. The Morgan fingerprint density at radius 1 is 1.32 bits per heavy atom. The molecule has 1 rings (SSSR count). The van der Waals surface area contributed by atoms with Crippen LogP contribution in [0.3, 0.4) is 0 Å². The molecule has 1 aliphatic carbocycles. The lowest BCUT2D eigenvalue weighted by Gasteiger charge is -2.39. The van der Waals surface area contributed by atoms with E-state index in [9.17, 15) is 5.11 Å². The fourth-order valence-corrected chi connectivity index (χ4v) is 3.74. The average Bonchev–Trinajstić information content (AvgIpc) is 2.27. The summed E-state index contributed by atoms with van der Waals surface area (Å²) >= 11 is 0. The Morgan fingerprint density at radius 3 is 2.53 bits per heavy atom. The summed E-state index contributed by atoms with van der Waals surface area (Å²) in [5.74, 6) is 1.64. The molecule has 3 nitrogen and oxygen atoms in total. The Morgan fingerprint density at radius 2 is 2.00 bits per heavy atom. The Kier molecular flexibility index (Phi) is 6.78. The van der Waals surface area contributed by atoms with Gasteiger partial charge in [0.05, 0.1) is 5.60 Å². The smallest absolute Gasteiger partial charge is 0.0718 e. The molecule has 0 heterocycles. The molecule has 0 spiro atoms. The SMILES string of the molecule is CCCC1CCC(NC)C(CN(C)CC(C)(C)O)C1. The molecule has 114 valence electrons. The highest BCUT2D eigenvalue weighted by Crippen LogP contribution is 2.32. The minimum Gasteiger partial charge on any atom is -0.389 e. The molecule has 2 N–H and O–H groups in total. The second-order valence-electron chi connectivity index (χ2n) is 7.13. The third-order valence-electron chi connectivity index (χ3n) is 4.36. The van der Waals surface area contributed by atoms with Crippen LogP contribution in [-0.4, -0.2) is 48.8 Å². The van der Waals surface area contributed by atoms with E-state index in [4.69, 9.17) is 0 Å². The summed E-state index contributed by atoms with van der Waals surface area (Å²) in [5.41, 5.74) is -0.596. The summed E-state index contributed by atoms with van der Waals surface area (Å²) in [4.78, 5) is 2.29. The Hall–Kier alpha value is -0.120. The second-order valence-corrected chi connectivity index (χ2v) is 7.13. The van der Waals surface area contributed by atoms with Gasteiger partial charge in [-0.25, -0.2) is 0 Å². The molecule has 0 bridgehead atoms. The minimum absolute atomic E-state index is 0.596. The zero-order valence-electron chi connectivity index (χ0n) is 13.6. The zero-order valence-corrected chi connectivity index (χ0v) is 13.6. The fraction of sp³-hybridized carbons (Fsp3) is 1.00. The van der Waals surface area contributed by atoms with Gasteiger partial charge in [-0.05, 0) is 59.0 Å². The van der Waals surface area contributed by atoms with Gasteiger partial charge in [0, 0.05) is 19.1 Å². The van der Waals surface area contributed by atoms with Crippen LogP contribution in [0.5, 0.6) is 0 Å². The number of nitrogens with one attached hydrogen (secondary N) is 1. The molecule has 3 heteroatoms. The van der Waals surface area contributed by atoms with Gasteiger partial charge in [0.1, 0.15) is 0 Å². The molecule has 0 aliphatic heterocycles. The van der Waals surface area contributed by atoms with Gasteiger partial charge in [-0.2, -0.15) is 0 Å². The van der Waals surface area contributed by atoms with Crippen molar-refractivity contribution in [1.82, 2.24) is 10.2 Å². The standard InChI is InChI=1S/C16H34N2O/c1-6-7-13-8-9-15(17-4)14(10-13)11-18(5)12-16(2,3)19/h13-15,17,19H,6-12H2,1-5H3. The molecular weight excluding hydrogens is 236 g/mol. The van der Waals surface area contributed by atoms with Crippen molar-refractivity contribution in [1.29, 1.82) is 0 Å². The van der Waals surface area contributed by atoms with Gasteiger partial charge in [-0.3, -0.25) is 0 Å². The molecule has 3 atom stereocenters. The van der Waals surface area contributed by atoms with Crippen molar-refractivity contribution in [2.75, 3.05) is 27.2 Å². The number of rotatable bonds is 7. The van der Waals surface area contributed by atoms with Crippen molar-refractivity contribution in [2.24, 2.45) is 11.8 Å². The number of nitrogens with zero attached hydrogens (tertiary/aromatic N) is 1. The first-order valence-corrected chi connectivity index (χ1v) is 7.94. The molecule has 0 aromatic heterocycles. The first-order chi connectivity index (χ1) is 8.85. The van der Waals surface area contributed by atoms with E-state index < -0.39 is 5.60 Å². The molecule has 3 unspecified atom stereocenters. The van der Waals surface area contributed by atoms with Gasteiger partial charge >= 0.3 is 0 Å². The van der Waals surface area contributed by atoms with Crippen LogP contribution in [0.4, 0.5) is 0 Å². The number of likely N-dealkylation sites (N-methyl/N-ethyl adjacent to an activating group) is 1. The largest absolute Gasteiger partial charge is 0.389 e. The van der Waals surface area contributed by atoms with Crippen LogP contribution in [0.1, 0.15) is 52.9 Å². The van der Waals surface area contributed by atoms with E-state index >= 15 is 0 Å². The van der Waals surface area contributed by atoms with Crippen LogP contribution >= 0.6 is 0 Å². The van der Waals surface area contributed by atoms with E-state index in [0.717, 1.165) is 24.9 Å². The van der Waals surface area contributed by atoms with Crippen molar-refractivity contribution in [3.8, 4) is 0 Å². The Bertz CT molecular complexity index is 250. The topological polar surface area (TPSA) is 35.5 Å². The van der Waals surface area contributed by atoms with Gasteiger partial charge in [-0.15, -0.1) is 0 Å². The summed E-state index contributed by atoms with van der Waals surface area (Å²) in [7, 11) is 4.22. The zero-order chi connectivity index (χ0) is 14.5. The van der Waals surface area contributed by atoms with Gasteiger partial charge in [0.15, 0.2) is 0 Å². The Balaban J connectivity index is 2.50. The summed E-state index contributed by atoms with van der Waals surface area (Å²) in [6, 6.07) is 0.650. The number of hydrogen-bond acceptors (Lipinski definition) is 3. The van der Waals surface area contributed by atoms with Crippen molar-refractivity contribution < 1.29 is 5.11 Å². The van der Waals surface area contributed by atoms with Crippen molar-refractivity contribution >= 4 is 0 Å². The maximum absolute atomic E-state index is 9.92. The Labute approximate surface area is 119 Å². The van der Waals surface area contributed by atoms with Crippen LogP contribution in [0, 0.1) is 11.8 Å². The van der Waals surface area contributed by atoms with Gasteiger partial charge < -0.3 is 15.3 Å². The molecule has 1 saturated carbocycles. The lowest BCUT2D eigenvalue weighted by atomic mass is 9.76. The predicted octanol–water partition coefficient (Wildman–Crippen LogP) is 2.49. The van der Waals surface area contributed by atoms with E-state index in [2.05, 4.69) is 31.2 Å². The molecule has 0 amide bonds. The average molecular weight is 270 g/mol. The third-order valence-corrected chi connectivity index (χ3v) is 4.36. The molecular formula is C16H34N2O. The van der Waals surface area contributed by atoms with Gasteiger partial charge in [0.2, 0.25) is 0 Å². The molecule has 1 aliphatic rings. The quantitative estimate of drug-likeness (QED) is 0.746. The maximum Gasteiger partial charge on any atom is 0.0718 e. The summed E-state index contributed by atoms with van der Waals surface area (Å²) in [5, 5.41) is 13.4. The second kappa shape index (κ2) is 7.61. The van der Waals surface area contributed by atoms with Crippen LogP contribution in [-0.2, 0) is 0 Å². The number of hydrogen-bond donors (Lipinski definition) is 2. The van der Waals surface area contributed by atoms with Gasteiger partial charge in [0.25, 0.3) is 0 Å². The lowest BCUT2D eigenvalue weighted by Crippen LogP contribution is -2.46. The molecule has 1 fully saturated rings. The van der Waals surface area contributed by atoms with Crippen molar-refractivity contribution in [3.05, 3.63) is 0 Å². The van der Waals surface area contributed by atoms with Crippen LogP contribution in [0.25, 0.3) is 0 Å². The number of aliphatic hydroxyl groups is 1. The van der Waals surface area contributed by atoms with E-state index in [0.29, 0.717) is 6.04 Å². The van der Waals surface area contributed by atoms with E-state index in [-0.39, 0.29) is 0 Å². The van der Waals surface area contributed by atoms with E-state index in [1.807, 2.05) is 13.8 Å². The molecule has 0 radical (unpaired) electrons. The first-order valence-electron chi connectivity index (χ1n) is 7.94. The maximum atomic E-state index is 9.92. The summed E-state index contributed by atoms with van der Waals surface area (Å²) < 4.78 is 0. The van der Waals surface area contributed by atoms with Crippen molar-refractivity contribution in [2.45, 2.75) is 64.5 Å². The van der Waals surface area contributed by atoms with E-state index in [1.54, 1.807) is 0 Å².